The lowest BCUT2D eigenvalue weighted by atomic mass is 10.2. The lowest BCUT2D eigenvalue weighted by Gasteiger charge is -2.07. The Kier molecular flexibility index (Phi) is 7.57. The predicted octanol–water partition coefficient (Wildman–Crippen LogP) is -0.774. The first-order chi connectivity index (χ1) is 7.10. The summed E-state index contributed by atoms with van der Waals surface area (Å²) in [6.07, 6.45) is -0.447. The summed E-state index contributed by atoms with van der Waals surface area (Å²) in [5, 5.41) is 17.3. The molecule has 0 aliphatic rings. The smallest absolute Gasteiger partial charge is 0.305 e. The van der Waals surface area contributed by atoms with E-state index in [1.54, 1.807) is 0 Å². The van der Waals surface area contributed by atoms with Crippen LogP contribution in [0.3, 0.4) is 0 Å². The monoisotopic (exact) mass is 220 g/mol. The van der Waals surface area contributed by atoms with Crippen molar-refractivity contribution in [3.05, 3.63) is 0 Å². The number of aliphatic hydroxyl groups excluding tert-OH is 2. The van der Waals surface area contributed by atoms with Crippen LogP contribution in [0.25, 0.3) is 0 Å². The lowest BCUT2D eigenvalue weighted by molar-refractivity contribution is -0.147. The maximum Gasteiger partial charge on any atom is 0.305 e. The maximum absolute atomic E-state index is 11.0. The number of esters is 2. The second-order valence-electron chi connectivity index (χ2n) is 2.95. The quantitative estimate of drug-likeness (QED) is 0.547. The highest BCUT2D eigenvalue weighted by Gasteiger charge is 2.08. The van der Waals surface area contributed by atoms with E-state index in [0.717, 1.165) is 0 Å². The SMILES string of the molecule is COC(=O)CCCC(=O)OCC(O)CO. The number of hydrogen-bond donors (Lipinski definition) is 2. The Bertz CT molecular complexity index is 203. The normalized spacial score (nSPS) is 11.9. The molecule has 6 nitrogen and oxygen atoms in total. The first-order valence-electron chi connectivity index (χ1n) is 4.61. The topological polar surface area (TPSA) is 93.1 Å². The van der Waals surface area contributed by atoms with E-state index in [9.17, 15) is 9.59 Å². The number of carbonyl (C=O) groups is 2. The van der Waals surface area contributed by atoms with E-state index in [-0.39, 0.29) is 25.4 Å². The molecule has 0 aromatic heterocycles. The van der Waals surface area contributed by atoms with Crippen molar-refractivity contribution in [2.45, 2.75) is 25.4 Å². The molecule has 0 spiro atoms. The summed E-state index contributed by atoms with van der Waals surface area (Å²) in [5.41, 5.74) is 0. The van der Waals surface area contributed by atoms with E-state index >= 15 is 0 Å². The van der Waals surface area contributed by atoms with Crippen molar-refractivity contribution in [3.63, 3.8) is 0 Å². The zero-order chi connectivity index (χ0) is 11.7. The fraction of sp³-hybridized carbons (Fsp3) is 0.778. The first kappa shape index (κ1) is 13.9. The van der Waals surface area contributed by atoms with Gasteiger partial charge in [0.25, 0.3) is 0 Å². The Balaban J connectivity index is 3.45. The third-order valence-electron chi connectivity index (χ3n) is 1.64. The molecule has 0 aliphatic heterocycles. The minimum absolute atomic E-state index is 0.0905. The van der Waals surface area contributed by atoms with E-state index < -0.39 is 18.7 Å². The van der Waals surface area contributed by atoms with Crippen molar-refractivity contribution in [1.29, 1.82) is 0 Å². The Morgan fingerprint density at radius 1 is 1.27 bits per heavy atom. The Morgan fingerprint density at radius 3 is 2.40 bits per heavy atom. The molecule has 1 atom stereocenters. The molecule has 0 saturated carbocycles. The van der Waals surface area contributed by atoms with Gasteiger partial charge in [0.05, 0.1) is 13.7 Å². The Labute approximate surface area is 87.8 Å². The number of carbonyl (C=O) groups excluding carboxylic acids is 2. The van der Waals surface area contributed by atoms with Crippen molar-refractivity contribution in [2.75, 3.05) is 20.3 Å². The van der Waals surface area contributed by atoms with Gasteiger partial charge in [-0.05, 0) is 6.42 Å². The van der Waals surface area contributed by atoms with Gasteiger partial charge in [0.1, 0.15) is 12.7 Å². The number of aliphatic hydroxyl groups is 2. The highest BCUT2D eigenvalue weighted by Crippen LogP contribution is 1.99. The minimum Gasteiger partial charge on any atom is -0.469 e. The molecule has 0 amide bonds. The number of rotatable bonds is 7. The fourth-order valence-electron chi connectivity index (χ4n) is 0.793. The second-order valence-corrected chi connectivity index (χ2v) is 2.95. The van der Waals surface area contributed by atoms with Crippen LogP contribution in [0, 0.1) is 0 Å². The molecule has 0 aromatic rings. The third-order valence-corrected chi connectivity index (χ3v) is 1.64. The Morgan fingerprint density at radius 2 is 1.87 bits per heavy atom. The van der Waals surface area contributed by atoms with E-state index in [1.165, 1.54) is 7.11 Å². The average Bonchev–Trinajstić information content (AvgIpc) is 2.25. The number of hydrogen-bond acceptors (Lipinski definition) is 6. The molecule has 6 heteroatoms. The highest BCUT2D eigenvalue weighted by atomic mass is 16.5. The van der Waals surface area contributed by atoms with E-state index in [0.29, 0.717) is 6.42 Å². The van der Waals surface area contributed by atoms with Gasteiger partial charge in [-0.25, -0.2) is 0 Å². The summed E-state index contributed by atoms with van der Waals surface area (Å²) < 4.78 is 8.99. The summed E-state index contributed by atoms with van der Waals surface area (Å²) >= 11 is 0. The fourth-order valence-corrected chi connectivity index (χ4v) is 0.793. The largest absolute Gasteiger partial charge is 0.469 e. The second kappa shape index (κ2) is 8.19. The summed E-state index contributed by atoms with van der Waals surface area (Å²) in [6, 6.07) is 0. The highest BCUT2D eigenvalue weighted by molar-refractivity contribution is 5.72. The van der Waals surface area contributed by atoms with Crippen LogP contribution in [-0.4, -0.2) is 48.6 Å². The molecule has 0 heterocycles. The molecular formula is C9H16O6. The summed E-state index contributed by atoms with van der Waals surface area (Å²) in [4.78, 5) is 21.6. The van der Waals surface area contributed by atoms with Gasteiger partial charge in [-0.15, -0.1) is 0 Å². The molecule has 1 unspecified atom stereocenters. The van der Waals surface area contributed by atoms with E-state index in [4.69, 9.17) is 10.2 Å². The van der Waals surface area contributed by atoms with Crippen LogP contribution in [0.2, 0.25) is 0 Å². The van der Waals surface area contributed by atoms with Crippen LogP contribution in [-0.2, 0) is 19.1 Å². The molecule has 0 fully saturated rings. The standard InChI is InChI=1S/C9H16O6/c1-14-8(12)3-2-4-9(13)15-6-7(11)5-10/h7,10-11H,2-6H2,1H3. The van der Waals surface area contributed by atoms with Gasteiger partial charge in [-0.1, -0.05) is 0 Å². The van der Waals surface area contributed by atoms with Gasteiger partial charge in [0.15, 0.2) is 0 Å². The molecule has 0 aromatic carbocycles. The van der Waals surface area contributed by atoms with Crippen LogP contribution in [0.1, 0.15) is 19.3 Å². The van der Waals surface area contributed by atoms with Crippen LogP contribution >= 0.6 is 0 Å². The van der Waals surface area contributed by atoms with Crippen LogP contribution in [0.15, 0.2) is 0 Å². The first-order valence-corrected chi connectivity index (χ1v) is 4.61. The molecule has 0 bridgehead atoms. The molecule has 0 rings (SSSR count). The lowest BCUT2D eigenvalue weighted by Crippen LogP contribution is -2.21. The predicted molar refractivity (Wildman–Crippen MR) is 49.9 cm³/mol. The Hall–Kier alpha value is -1.14. The summed E-state index contributed by atoms with van der Waals surface area (Å²) in [7, 11) is 1.28. The van der Waals surface area contributed by atoms with Gasteiger partial charge in [0, 0.05) is 12.8 Å². The van der Waals surface area contributed by atoms with Crippen LogP contribution < -0.4 is 0 Å². The average molecular weight is 220 g/mol. The number of ether oxygens (including phenoxy) is 2. The van der Waals surface area contributed by atoms with E-state index in [1.807, 2.05) is 0 Å². The van der Waals surface area contributed by atoms with Gasteiger partial charge in [-0.3, -0.25) is 9.59 Å². The van der Waals surface area contributed by atoms with Crippen molar-refractivity contribution >= 4 is 11.9 Å². The molecule has 2 N–H and O–H groups in total. The third kappa shape index (κ3) is 7.90. The minimum atomic E-state index is -1.05. The summed E-state index contributed by atoms with van der Waals surface area (Å²) in [6.45, 7) is -0.678. The number of methoxy groups -OCH3 is 1. The van der Waals surface area contributed by atoms with Crippen LogP contribution in [0.4, 0.5) is 0 Å². The van der Waals surface area contributed by atoms with Gasteiger partial charge in [-0.2, -0.15) is 0 Å². The van der Waals surface area contributed by atoms with Gasteiger partial charge < -0.3 is 19.7 Å². The zero-order valence-electron chi connectivity index (χ0n) is 8.64. The summed E-state index contributed by atoms with van der Waals surface area (Å²) in [5.74, 6) is -0.885. The molecule has 0 saturated heterocycles. The molecule has 0 radical (unpaired) electrons. The van der Waals surface area contributed by atoms with Gasteiger partial charge >= 0.3 is 11.9 Å². The van der Waals surface area contributed by atoms with Crippen molar-refractivity contribution in [2.24, 2.45) is 0 Å². The van der Waals surface area contributed by atoms with Crippen molar-refractivity contribution in [1.82, 2.24) is 0 Å². The molecular weight excluding hydrogens is 204 g/mol. The van der Waals surface area contributed by atoms with Gasteiger partial charge in [0.2, 0.25) is 0 Å². The van der Waals surface area contributed by atoms with Crippen LogP contribution in [0.5, 0.6) is 0 Å². The zero-order valence-corrected chi connectivity index (χ0v) is 8.64. The van der Waals surface area contributed by atoms with Crippen molar-refractivity contribution in [3.8, 4) is 0 Å². The molecule has 88 valence electrons. The molecule has 0 aliphatic carbocycles. The van der Waals surface area contributed by atoms with Crippen molar-refractivity contribution < 1.29 is 29.3 Å². The van der Waals surface area contributed by atoms with E-state index in [2.05, 4.69) is 9.47 Å². The molecule has 15 heavy (non-hydrogen) atoms. The maximum atomic E-state index is 11.0.